The number of anilines is 3. The average Bonchev–Trinajstić information content (AvgIpc) is 2.59. The van der Waals surface area contributed by atoms with Gasteiger partial charge in [-0.25, -0.2) is 9.37 Å². The molecule has 0 aliphatic carbocycles. The first kappa shape index (κ1) is 17.5. The summed E-state index contributed by atoms with van der Waals surface area (Å²) in [6.45, 7) is 0.636. The fourth-order valence-electron chi connectivity index (χ4n) is 2.25. The van der Waals surface area contributed by atoms with Gasteiger partial charge in [0.05, 0.1) is 5.69 Å². The van der Waals surface area contributed by atoms with Gasteiger partial charge in [-0.1, -0.05) is 41.4 Å². The molecule has 0 aliphatic heterocycles. The molecule has 2 N–H and O–H groups in total. The van der Waals surface area contributed by atoms with Gasteiger partial charge in [0.15, 0.2) is 0 Å². The number of hydrogen-bond donors (Lipinski definition) is 2. The van der Waals surface area contributed by atoms with Crippen LogP contribution >= 0.6 is 23.2 Å². The first-order chi connectivity index (χ1) is 12.1. The van der Waals surface area contributed by atoms with Crippen molar-refractivity contribution >= 4 is 40.7 Å². The Balaban J connectivity index is 1.61. The Morgan fingerprint density at radius 3 is 2.68 bits per heavy atom. The van der Waals surface area contributed by atoms with Crippen LogP contribution in [0.5, 0.6) is 0 Å². The highest BCUT2D eigenvalue weighted by Crippen LogP contribution is 2.21. The Hall–Kier alpha value is -2.37. The molecule has 4 nitrogen and oxygen atoms in total. The Labute approximate surface area is 155 Å². The maximum Gasteiger partial charge on any atom is 0.229 e. The lowest BCUT2D eigenvalue weighted by atomic mass is 10.1. The van der Waals surface area contributed by atoms with Crippen LogP contribution in [-0.2, 0) is 6.42 Å². The summed E-state index contributed by atoms with van der Waals surface area (Å²) in [5.74, 6) is 0.598. The molecule has 3 aromatic rings. The van der Waals surface area contributed by atoms with E-state index in [2.05, 4.69) is 20.6 Å². The summed E-state index contributed by atoms with van der Waals surface area (Å²) in [6.07, 6.45) is 2.32. The third kappa shape index (κ3) is 4.81. The monoisotopic (exact) mass is 376 g/mol. The smallest absolute Gasteiger partial charge is 0.229 e. The second-order valence-electron chi connectivity index (χ2n) is 5.28. The van der Waals surface area contributed by atoms with E-state index in [1.54, 1.807) is 36.5 Å². The van der Waals surface area contributed by atoms with Crippen LogP contribution in [0.3, 0.4) is 0 Å². The molecule has 1 heterocycles. The van der Waals surface area contributed by atoms with Crippen molar-refractivity contribution in [1.82, 2.24) is 9.97 Å². The quantitative estimate of drug-likeness (QED) is 0.610. The number of nitrogens with one attached hydrogen (secondary N) is 2. The molecule has 0 atom stereocenters. The van der Waals surface area contributed by atoms with Gasteiger partial charge in [0.25, 0.3) is 0 Å². The zero-order valence-electron chi connectivity index (χ0n) is 13.1. The first-order valence-electron chi connectivity index (χ1n) is 7.64. The van der Waals surface area contributed by atoms with Crippen LogP contribution in [0, 0.1) is 5.82 Å². The number of rotatable bonds is 6. The van der Waals surface area contributed by atoms with Crippen molar-refractivity contribution in [2.24, 2.45) is 0 Å². The van der Waals surface area contributed by atoms with E-state index < -0.39 is 0 Å². The second kappa shape index (κ2) is 8.14. The largest absolute Gasteiger partial charge is 0.370 e. The van der Waals surface area contributed by atoms with Gasteiger partial charge in [-0.3, -0.25) is 0 Å². The predicted molar refractivity (Wildman–Crippen MR) is 100 cm³/mol. The molecule has 0 fully saturated rings. The third-order valence-electron chi connectivity index (χ3n) is 3.49. The van der Waals surface area contributed by atoms with Gasteiger partial charge in [-0.05, 0) is 42.3 Å². The summed E-state index contributed by atoms with van der Waals surface area (Å²) in [4.78, 5) is 8.42. The van der Waals surface area contributed by atoms with Crippen molar-refractivity contribution in [3.8, 4) is 0 Å². The molecule has 0 aliphatic rings. The van der Waals surface area contributed by atoms with Crippen LogP contribution in [0.15, 0.2) is 54.7 Å². The van der Waals surface area contributed by atoms with E-state index in [4.69, 9.17) is 23.2 Å². The Morgan fingerprint density at radius 2 is 1.88 bits per heavy atom. The minimum absolute atomic E-state index is 0.319. The molecular formula is C18H15Cl2FN4. The van der Waals surface area contributed by atoms with Crippen molar-refractivity contribution in [1.29, 1.82) is 0 Å². The summed E-state index contributed by atoms with van der Waals surface area (Å²) in [5.41, 5.74) is 1.32. The fourth-order valence-corrected chi connectivity index (χ4v) is 2.75. The Bertz CT molecular complexity index is 873. The van der Waals surface area contributed by atoms with Crippen molar-refractivity contribution in [3.63, 3.8) is 0 Å². The van der Waals surface area contributed by atoms with E-state index in [1.165, 1.54) is 6.07 Å². The molecular weight excluding hydrogens is 362 g/mol. The maximum atomic E-state index is 13.7. The summed E-state index contributed by atoms with van der Waals surface area (Å²) in [7, 11) is 0. The summed E-state index contributed by atoms with van der Waals surface area (Å²) < 4.78 is 13.7. The van der Waals surface area contributed by atoms with Gasteiger partial charge >= 0.3 is 0 Å². The first-order valence-corrected chi connectivity index (χ1v) is 8.40. The fraction of sp³-hybridized carbons (Fsp3) is 0.111. The van der Waals surface area contributed by atoms with Gasteiger partial charge in [-0.2, -0.15) is 4.98 Å². The van der Waals surface area contributed by atoms with Gasteiger partial charge < -0.3 is 10.6 Å². The number of halogens is 3. The zero-order valence-corrected chi connectivity index (χ0v) is 14.7. The van der Waals surface area contributed by atoms with Gasteiger partial charge in [0.2, 0.25) is 5.95 Å². The summed E-state index contributed by atoms with van der Waals surface area (Å²) >= 11 is 12.0. The number of para-hydroxylation sites is 1. The van der Waals surface area contributed by atoms with Crippen molar-refractivity contribution in [2.45, 2.75) is 6.42 Å². The second-order valence-corrected chi connectivity index (χ2v) is 6.13. The van der Waals surface area contributed by atoms with E-state index in [9.17, 15) is 4.39 Å². The van der Waals surface area contributed by atoms with E-state index >= 15 is 0 Å². The lowest BCUT2D eigenvalue weighted by Crippen LogP contribution is -2.08. The SMILES string of the molecule is Fc1ccccc1Nc1nccc(NCCc2ccc(Cl)cc2Cl)n1. The summed E-state index contributed by atoms with van der Waals surface area (Å²) in [6, 6.07) is 13.5. The molecule has 2 aromatic carbocycles. The predicted octanol–water partition coefficient (Wildman–Crippen LogP) is 5.32. The van der Waals surface area contributed by atoms with Crippen LogP contribution in [-0.4, -0.2) is 16.5 Å². The standard InChI is InChI=1S/C18H15Cl2FN4/c19-13-6-5-12(14(20)11-13)7-9-22-17-8-10-23-18(25-17)24-16-4-2-1-3-15(16)21/h1-6,8,10-11H,7,9H2,(H2,22,23,24,25). The molecule has 3 rings (SSSR count). The van der Waals surface area contributed by atoms with Crippen molar-refractivity contribution < 1.29 is 4.39 Å². The van der Waals surface area contributed by atoms with Gasteiger partial charge in [-0.15, -0.1) is 0 Å². The number of aromatic nitrogens is 2. The molecule has 0 saturated heterocycles. The topological polar surface area (TPSA) is 49.8 Å². The molecule has 0 spiro atoms. The Kier molecular flexibility index (Phi) is 5.68. The number of hydrogen-bond acceptors (Lipinski definition) is 4. The molecule has 0 amide bonds. The molecule has 7 heteroatoms. The van der Waals surface area contributed by atoms with Crippen LogP contribution in [0.2, 0.25) is 10.0 Å². The maximum absolute atomic E-state index is 13.7. The minimum Gasteiger partial charge on any atom is -0.370 e. The molecule has 25 heavy (non-hydrogen) atoms. The zero-order chi connectivity index (χ0) is 17.6. The minimum atomic E-state index is -0.359. The molecule has 1 aromatic heterocycles. The highest BCUT2D eigenvalue weighted by atomic mass is 35.5. The van der Waals surface area contributed by atoms with E-state index in [0.717, 1.165) is 12.0 Å². The average molecular weight is 377 g/mol. The van der Waals surface area contributed by atoms with Crippen LogP contribution in [0.4, 0.5) is 21.8 Å². The summed E-state index contributed by atoms with van der Waals surface area (Å²) in [5, 5.41) is 7.31. The van der Waals surface area contributed by atoms with Gasteiger partial charge in [0.1, 0.15) is 11.6 Å². The molecule has 0 unspecified atom stereocenters. The van der Waals surface area contributed by atoms with Gasteiger partial charge in [0, 0.05) is 22.8 Å². The van der Waals surface area contributed by atoms with Crippen LogP contribution in [0.25, 0.3) is 0 Å². The molecule has 0 bridgehead atoms. The number of benzene rings is 2. The van der Waals surface area contributed by atoms with Crippen LogP contribution < -0.4 is 10.6 Å². The Morgan fingerprint density at radius 1 is 1.04 bits per heavy atom. The highest BCUT2D eigenvalue weighted by Gasteiger charge is 2.05. The van der Waals surface area contributed by atoms with E-state index in [0.29, 0.717) is 34.0 Å². The normalized spacial score (nSPS) is 10.5. The number of nitrogens with zero attached hydrogens (tertiary/aromatic N) is 2. The third-order valence-corrected chi connectivity index (χ3v) is 4.08. The van der Waals surface area contributed by atoms with Crippen LogP contribution in [0.1, 0.15) is 5.56 Å². The molecule has 0 radical (unpaired) electrons. The van der Waals surface area contributed by atoms with Crippen molar-refractivity contribution in [2.75, 3.05) is 17.2 Å². The molecule has 128 valence electrons. The highest BCUT2D eigenvalue weighted by molar-refractivity contribution is 6.35. The lowest BCUT2D eigenvalue weighted by Gasteiger charge is -2.09. The van der Waals surface area contributed by atoms with Crippen molar-refractivity contribution in [3.05, 3.63) is 76.2 Å². The van der Waals surface area contributed by atoms with E-state index in [-0.39, 0.29) is 5.82 Å². The van der Waals surface area contributed by atoms with E-state index in [1.807, 2.05) is 12.1 Å². The lowest BCUT2D eigenvalue weighted by molar-refractivity contribution is 0.631. The molecule has 0 saturated carbocycles.